The molecule has 168 valence electrons. The number of sulfonamides is 1. The van der Waals surface area contributed by atoms with Crippen molar-refractivity contribution in [3.05, 3.63) is 54.6 Å². The molecule has 1 saturated heterocycles. The van der Waals surface area contributed by atoms with E-state index in [9.17, 15) is 22.8 Å². The number of carbonyl (C=O) groups is 3. The molecule has 4 amide bonds. The summed E-state index contributed by atoms with van der Waals surface area (Å²) in [5, 5.41) is 5.42. The van der Waals surface area contributed by atoms with E-state index in [4.69, 9.17) is 0 Å². The number of carbonyl (C=O) groups excluding carboxylic acids is 3. The molecule has 0 unspecified atom stereocenters. The molecule has 4 rings (SSSR count). The predicted octanol–water partition coefficient (Wildman–Crippen LogP) is 2.68. The van der Waals surface area contributed by atoms with Gasteiger partial charge in [-0.25, -0.2) is 18.1 Å². The summed E-state index contributed by atoms with van der Waals surface area (Å²) in [5.74, 6) is -0.918. The molecule has 2 aliphatic rings. The fraction of sp³-hybridized carbons (Fsp3) is 0.318. The van der Waals surface area contributed by atoms with Gasteiger partial charge < -0.3 is 10.6 Å². The third kappa shape index (κ3) is 4.05. The van der Waals surface area contributed by atoms with Crippen molar-refractivity contribution in [2.24, 2.45) is 0 Å². The van der Waals surface area contributed by atoms with Gasteiger partial charge in [0.2, 0.25) is 5.91 Å². The summed E-state index contributed by atoms with van der Waals surface area (Å²) in [6, 6.07) is 12.5. The number of benzene rings is 2. The van der Waals surface area contributed by atoms with Crippen molar-refractivity contribution >= 4 is 39.2 Å². The SMILES string of the molecule is C[C@@H](C(=O)Nc1cccc(NS(=O)(=O)c2ccccc2)c1)N1C(=O)NC2(CCCC2)C1=O. The molecule has 1 heterocycles. The van der Waals surface area contributed by atoms with E-state index in [2.05, 4.69) is 15.4 Å². The first kappa shape index (κ1) is 21.8. The summed E-state index contributed by atoms with van der Waals surface area (Å²) in [6.07, 6.45) is 2.86. The number of nitrogens with one attached hydrogen (secondary N) is 3. The molecular formula is C22H24N4O5S. The summed E-state index contributed by atoms with van der Waals surface area (Å²) in [7, 11) is -3.78. The molecule has 0 aromatic heterocycles. The van der Waals surface area contributed by atoms with E-state index in [0.717, 1.165) is 17.7 Å². The Morgan fingerprint density at radius 3 is 2.38 bits per heavy atom. The molecule has 1 spiro atoms. The maximum absolute atomic E-state index is 12.9. The van der Waals surface area contributed by atoms with Gasteiger partial charge in [0.1, 0.15) is 11.6 Å². The second-order valence-electron chi connectivity index (χ2n) is 8.06. The largest absolute Gasteiger partial charge is 0.325 e. The predicted molar refractivity (Wildman–Crippen MR) is 118 cm³/mol. The van der Waals surface area contributed by atoms with Crippen molar-refractivity contribution in [2.45, 2.75) is 49.1 Å². The van der Waals surface area contributed by atoms with Crippen LogP contribution in [0.2, 0.25) is 0 Å². The van der Waals surface area contributed by atoms with E-state index in [0.29, 0.717) is 18.5 Å². The highest BCUT2D eigenvalue weighted by Crippen LogP contribution is 2.35. The van der Waals surface area contributed by atoms with Gasteiger partial charge in [-0.15, -0.1) is 0 Å². The van der Waals surface area contributed by atoms with Crippen molar-refractivity contribution in [3.63, 3.8) is 0 Å². The number of urea groups is 1. The zero-order valence-corrected chi connectivity index (χ0v) is 18.3. The van der Waals surface area contributed by atoms with Gasteiger partial charge in [-0.05, 0) is 50.1 Å². The van der Waals surface area contributed by atoms with Gasteiger partial charge in [-0.1, -0.05) is 37.1 Å². The van der Waals surface area contributed by atoms with Crippen LogP contribution in [0.4, 0.5) is 16.2 Å². The molecule has 2 aromatic rings. The molecule has 10 heteroatoms. The first-order valence-corrected chi connectivity index (χ1v) is 11.8. The monoisotopic (exact) mass is 456 g/mol. The van der Waals surface area contributed by atoms with E-state index in [1.54, 1.807) is 36.4 Å². The summed E-state index contributed by atoms with van der Waals surface area (Å²) >= 11 is 0. The van der Waals surface area contributed by atoms with E-state index < -0.39 is 33.5 Å². The number of hydrogen-bond donors (Lipinski definition) is 3. The number of hydrogen-bond acceptors (Lipinski definition) is 5. The second kappa shape index (κ2) is 8.27. The minimum absolute atomic E-state index is 0.113. The third-order valence-corrected chi connectivity index (χ3v) is 7.25. The van der Waals surface area contributed by atoms with Crippen molar-refractivity contribution in [1.29, 1.82) is 0 Å². The van der Waals surface area contributed by atoms with Crippen molar-refractivity contribution < 1.29 is 22.8 Å². The molecule has 2 fully saturated rings. The Labute approximate surface area is 186 Å². The molecule has 0 radical (unpaired) electrons. The van der Waals surface area contributed by atoms with Gasteiger partial charge in [0.25, 0.3) is 15.9 Å². The minimum Gasteiger partial charge on any atom is -0.324 e. The Hall–Kier alpha value is -3.40. The standard InChI is InChI=1S/C22H24N4O5S/c1-15(26-20(28)22(24-21(26)29)12-5-6-13-22)19(27)23-16-8-7-9-17(14-16)25-32(30,31)18-10-3-2-4-11-18/h2-4,7-11,14-15,25H,5-6,12-13H2,1H3,(H,23,27)(H,24,29)/t15-/m0/s1. The van der Waals surface area contributed by atoms with Gasteiger partial charge in [-0.3, -0.25) is 14.3 Å². The van der Waals surface area contributed by atoms with Gasteiger partial charge >= 0.3 is 6.03 Å². The average molecular weight is 457 g/mol. The zero-order chi connectivity index (χ0) is 22.9. The molecule has 32 heavy (non-hydrogen) atoms. The highest BCUT2D eigenvalue weighted by molar-refractivity contribution is 7.92. The molecule has 1 aliphatic heterocycles. The molecule has 1 aliphatic carbocycles. The smallest absolute Gasteiger partial charge is 0.324 e. The molecule has 2 aromatic carbocycles. The highest BCUT2D eigenvalue weighted by atomic mass is 32.2. The zero-order valence-electron chi connectivity index (χ0n) is 17.5. The van der Waals surface area contributed by atoms with Crippen LogP contribution < -0.4 is 15.4 Å². The van der Waals surface area contributed by atoms with E-state index in [-0.39, 0.29) is 16.5 Å². The normalized spacial score (nSPS) is 18.5. The van der Waals surface area contributed by atoms with Crippen LogP contribution in [-0.2, 0) is 19.6 Å². The van der Waals surface area contributed by atoms with Gasteiger partial charge in [0.05, 0.1) is 10.6 Å². The summed E-state index contributed by atoms with van der Waals surface area (Å²) < 4.78 is 27.5. The van der Waals surface area contributed by atoms with Crippen LogP contribution >= 0.6 is 0 Å². The second-order valence-corrected chi connectivity index (χ2v) is 9.74. The van der Waals surface area contributed by atoms with Gasteiger partial charge in [0, 0.05) is 5.69 Å². The Kier molecular flexibility index (Phi) is 5.64. The molecule has 3 N–H and O–H groups in total. The quantitative estimate of drug-likeness (QED) is 0.577. The van der Waals surface area contributed by atoms with E-state index in [1.165, 1.54) is 25.1 Å². The topological polar surface area (TPSA) is 125 Å². The van der Waals surface area contributed by atoms with Crippen molar-refractivity contribution in [2.75, 3.05) is 10.0 Å². The molecule has 0 bridgehead atoms. The number of imide groups is 1. The lowest BCUT2D eigenvalue weighted by molar-refractivity contribution is -0.136. The lowest BCUT2D eigenvalue weighted by Crippen LogP contribution is -2.48. The van der Waals surface area contributed by atoms with E-state index in [1.807, 2.05) is 0 Å². The molecule has 9 nitrogen and oxygen atoms in total. The van der Waals surface area contributed by atoms with E-state index >= 15 is 0 Å². The van der Waals surface area contributed by atoms with Crippen LogP contribution in [0.15, 0.2) is 59.5 Å². The van der Waals surface area contributed by atoms with Crippen LogP contribution in [0.25, 0.3) is 0 Å². The number of nitrogens with zero attached hydrogens (tertiary/aromatic N) is 1. The Balaban J connectivity index is 1.46. The van der Waals surface area contributed by atoms with Crippen LogP contribution in [0, 0.1) is 0 Å². The lowest BCUT2D eigenvalue weighted by Gasteiger charge is -2.23. The Morgan fingerprint density at radius 1 is 1.03 bits per heavy atom. The molecule has 1 atom stereocenters. The third-order valence-electron chi connectivity index (χ3n) is 5.85. The molecular weight excluding hydrogens is 432 g/mol. The lowest BCUT2D eigenvalue weighted by atomic mass is 9.97. The maximum Gasteiger partial charge on any atom is 0.325 e. The van der Waals surface area contributed by atoms with Crippen LogP contribution in [-0.4, -0.2) is 42.7 Å². The first-order valence-electron chi connectivity index (χ1n) is 10.4. The van der Waals surface area contributed by atoms with Crippen LogP contribution in [0.5, 0.6) is 0 Å². The summed E-state index contributed by atoms with van der Waals surface area (Å²) in [4.78, 5) is 39.2. The highest BCUT2D eigenvalue weighted by Gasteiger charge is 2.54. The maximum atomic E-state index is 12.9. The fourth-order valence-electron chi connectivity index (χ4n) is 4.15. The van der Waals surface area contributed by atoms with Gasteiger partial charge in [-0.2, -0.15) is 0 Å². The number of rotatable bonds is 6. The minimum atomic E-state index is -3.78. The average Bonchev–Trinajstić information content (AvgIpc) is 3.32. The number of anilines is 2. The van der Waals surface area contributed by atoms with Gasteiger partial charge in [0.15, 0.2) is 0 Å². The van der Waals surface area contributed by atoms with Crippen LogP contribution in [0.1, 0.15) is 32.6 Å². The Morgan fingerprint density at radius 2 is 1.69 bits per heavy atom. The van der Waals surface area contributed by atoms with Crippen molar-refractivity contribution in [1.82, 2.24) is 10.2 Å². The first-order chi connectivity index (χ1) is 15.2. The summed E-state index contributed by atoms with van der Waals surface area (Å²) in [5.41, 5.74) is -0.293. The van der Waals surface area contributed by atoms with Crippen LogP contribution in [0.3, 0.4) is 0 Å². The summed E-state index contributed by atoms with van der Waals surface area (Å²) in [6.45, 7) is 1.49. The Bertz CT molecular complexity index is 1160. The fourth-order valence-corrected chi connectivity index (χ4v) is 5.22. The molecule has 1 saturated carbocycles. The number of amides is 4. The van der Waals surface area contributed by atoms with Crippen molar-refractivity contribution in [3.8, 4) is 0 Å².